The van der Waals surface area contributed by atoms with E-state index in [0.29, 0.717) is 71.3 Å². The van der Waals surface area contributed by atoms with E-state index in [9.17, 15) is 9.59 Å². The molecule has 0 bridgehead atoms. The summed E-state index contributed by atoms with van der Waals surface area (Å²) in [6.07, 6.45) is 3.19. The van der Waals surface area contributed by atoms with Crippen LogP contribution < -0.4 is 0 Å². The molecule has 3 aliphatic rings. The van der Waals surface area contributed by atoms with Crippen molar-refractivity contribution in [1.82, 2.24) is 19.4 Å². The van der Waals surface area contributed by atoms with Crippen LogP contribution in [-0.2, 0) is 32.0 Å². The summed E-state index contributed by atoms with van der Waals surface area (Å²) >= 11 is 0. The molecule has 2 saturated heterocycles. The number of carbonyl (C=O) groups is 3. The van der Waals surface area contributed by atoms with Gasteiger partial charge in [0, 0.05) is 32.7 Å². The van der Waals surface area contributed by atoms with Gasteiger partial charge in [0.05, 0.1) is 44.4 Å². The van der Waals surface area contributed by atoms with Crippen LogP contribution in [0.4, 0.5) is 0 Å². The van der Waals surface area contributed by atoms with Gasteiger partial charge in [-0.2, -0.15) is 0 Å². The third kappa shape index (κ3) is 4.50. The quantitative estimate of drug-likeness (QED) is 0.671. The third-order valence-electron chi connectivity index (χ3n) is 5.27. The number of ether oxygens (including phenoxy) is 2. The van der Waals surface area contributed by atoms with Gasteiger partial charge in [-0.3, -0.25) is 14.4 Å². The number of morpholine rings is 2. The molecule has 0 aliphatic carbocycles. The second-order valence-electron chi connectivity index (χ2n) is 6.88. The highest BCUT2D eigenvalue weighted by molar-refractivity contribution is 5.93. The summed E-state index contributed by atoms with van der Waals surface area (Å²) in [7, 11) is 0. The van der Waals surface area contributed by atoms with E-state index in [2.05, 4.69) is 4.98 Å². The van der Waals surface area contributed by atoms with Gasteiger partial charge in [-0.25, -0.2) is 4.98 Å². The Hall–Kier alpha value is -2.46. The van der Waals surface area contributed by atoms with Gasteiger partial charge < -0.3 is 28.9 Å². The Bertz CT molecular complexity index is 694. The Labute approximate surface area is 163 Å². The molecule has 1 atom stereocenters. The molecule has 1 aromatic rings. The van der Waals surface area contributed by atoms with E-state index in [1.165, 1.54) is 0 Å². The standard InChI is InChI=1S/C17H24N4O4.CH2O2/c22-16(19-3-7-24-8-4-19)13-1-2-14-15(18-12-21(14)11-13)17(23)20-5-9-25-10-6-20;2-1-3/h12-13H,1-11H2;1H,(H,2,3). The number of carbonyl (C=O) groups excluding carboxylic acids is 2. The van der Waals surface area contributed by atoms with Gasteiger partial charge >= 0.3 is 0 Å². The van der Waals surface area contributed by atoms with Crippen LogP contribution in [0.25, 0.3) is 0 Å². The van der Waals surface area contributed by atoms with Gasteiger partial charge in [0.1, 0.15) is 5.69 Å². The molecule has 1 N–H and O–H groups in total. The van der Waals surface area contributed by atoms with E-state index in [1.807, 2.05) is 9.47 Å². The van der Waals surface area contributed by atoms with E-state index in [4.69, 9.17) is 19.4 Å². The van der Waals surface area contributed by atoms with Crippen molar-refractivity contribution in [3.63, 3.8) is 0 Å². The number of aromatic nitrogens is 2. The van der Waals surface area contributed by atoms with Gasteiger partial charge in [-0.05, 0) is 12.8 Å². The summed E-state index contributed by atoms with van der Waals surface area (Å²) in [6.45, 7) is 5.33. The molecule has 28 heavy (non-hydrogen) atoms. The summed E-state index contributed by atoms with van der Waals surface area (Å²) < 4.78 is 12.6. The van der Waals surface area contributed by atoms with E-state index in [1.54, 1.807) is 11.2 Å². The van der Waals surface area contributed by atoms with E-state index in [0.717, 1.165) is 12.1 Å². The number of hydrogen-bond donors (Lipinski definition) is 1. The van der Waals surface area contributed by atoms with Crippen LogP contribution in [0.15, 0.2) is 6.33 Å². The molecule has 10 nitrogen and oxygen atoms in total. The predicted molar refractivity (Wildman–Crippen MR) is 96.9 cm³/mol. The molecule has 10 heteroatoms. The summed E-state index contributed by atoms with van der Waals surface area (Å²) in [5.41, 5.74) is 1.50. The molecule has 2 amide bonds. The van der Waals surface area contributed by atoms with Crippen molar-refractivity contribution in [2.24, 2.45) is 5.92 Å². The predicted octanol–water partition coefficient (Wildman–Crippen LogP) is -0.522. The summed E-state index contributed by atoms with van der Waals surface area (Å²) in [4.78, 5) is 41.8. The smallest absolute Gasteiger partial charge is 0.290 e. The Morgan fingerprint density at radius 3 is 2.25 bits per heavy atom. The average molecular weight is 394 g/mol. The molecule has 2 fully saturated rings. The second kappa shape index (κ2) is 9.65. The highest BCUT2D eigenvalue weighted by Crippen LogP contribution is 2.25. The molecule has 0 saturated carbocycles. The molecule has 4 rings (SSSR count). The summed E-state index contributed by atoms with van der Waals surface area (Å²) in [5, 5.41) is 6.89. The van der Waals surface area contributed by atoms with Crippen molar-refractivity contribution in [1.29, 1.82) is 0 Å². The first-order chi connectivity index (χ1) is 13.7. The van der Waals surface area contributed by atoms with Crippen molar-refractivity contribution in [3.8, 4) is 0 Å². The second-order valence-corrected chi connectivity index (χ2v) is 6.88. The fourth-order valence-corrected chi connectivity index (χ4v) is 3.81. The normalized spacial score (nSPS) is 21.9. The SMILES string of the molecule is O=C(c1ncn2c1CCC(C(=O)N1CCOCC1)C2)N1CCOCC1.O=CO. The molecule has 1 unspecified atom stereocenters. The maximum Gasteiger partial charge on any atom is 0.290 e. The molecule has 4 heterocycles. The lowest BCUT2D eigenvalue weighted by Gasteiger charge is -2.32. The van der Waals surface area contributed by atoms with Crippen molar-refractivity contribution in [2.75, 3.05) is 52.6 Å². The maximum atomic E-state index is 12.7. The lowest BCUT2D eigenvalue weighted by Crippen LogP contribution is -2.45. The first-order valence-electron chi connectivity index (χ1n) is 9.51. The van der Waals surface area contributed by atoms with Crippen LogP contribution in [0.1, 0.15) is 22.6 Å². The fraction of sp³-hybridized carbons (Fsp3) is 0.667. The maximum absolute atomic E-state index is 12.7. The lowest BCUT2D eigenvalue weighted by atomic mass is 9.95. The van der Waals surface area contributed by atoms with Gasteiger partial charge in [0.15, 0.2) is 0 Å². The largest absolute Gasteiger partial charge is 0.483 e. The molecule has 0 spiro atoms. The molecule has 3 aliphatic heterocycles. The highest BCUT2D eigenvalue weighted by atomic mass is 16.5. The zero-order chi connectivity index (χ0) is 19.9. The molecule has 154 valence electrons. The number of nitrogens with zero attached hydrogens (tertiary/aromatic N) is 4. The molecule has 0 aromatic carbocycles. The highest BCUT2D eigenvalue weighted by Gasteiger charge is 2.32. The zero-order valence-electron chi connectivity index (χ0n) is 15.8. The molecular formula is C18H26N4O6. The monoisotopic (exact) mass is 394 g/mol. The van der Waals surface area contributed by atoms with Crippen LogP contribution in [0.5, 0.6) is 0 Å². The first-order valence-corrected chi connectivity index (χ1v) is 9.51. The van der Waals surface area contributed by atoms with Crippen molar-refractivity contribution < 1.29 is 29.0 Å². The van der Waals surface area contributed by atoms with Crippen LogP contribution in [0, 0.1) is 5.92 Å². The topological polar surface area (TPSA) is 114 Å². The summed E-state index contributed by atoms with van der Waals surface area (Å²) in [5.74, 6) is 0.143. The van der Waals surface area contributed by atoms with Crippen LogP contribution >= 0.6 is 0 Å². The number of carboxylic acid groups (broad SMARTS) is 1. The number of fused-ring (bicyclic) bond motifs is 1. The minimum absolute atomic E-state index is 0.0185. The van der Waals surface area contributed by atoms with Gasteiger partial charge in [-0.1, -0.05) is 0 Å². The first kappa shape index (κ1) is 20.3. The van der Waals surface area contributed by atoms with Crippen LogP contribution in [0.3, 0.4) is 0 Å². The van der Waals surface area contributed by atoms with E-state index >= 15 is 0 Å². The zero-order valence-corrected chi connectivity index (χ0v) is 15.8. The van der Waals surface area contributed by atoms with Gasteiger partial charge in [0.25, 0.3) is 12.4 Å². The number of hydrogen-bond acceptors (Lipinski definition) is 6. The lowest BCUT2D eigenvalue weighted by molar-refractivity contribution is -0.140. The Morgan fingerprint density at radius 1 is 1.07 bits per heavy atom. The van der Waals surface area contributed by atoms with E-state index < -0.39 is 0 Å². The Morgan fingerprint density at radius 2 is 1.64 bits per heavy atom. The van der Waals surface area contributed by atoms with Gasteiger partial charge in [-0.15, -0.1) is 0 Å². The minimum atomic E-state index is -0.250. The Balaban J connectivity index is 0.000000706. The minimum Gasteiger partial charge on any atom is -0.483 e. The third-order valence-corrected chi connectivity index (χ3v) is 5.27. The average Bonchev–Trinajstić information content (AvgIpc) is 3.18. The van der Waals surface area contributed by atoms with E-state index in [-0.39, 0.29) is 24.2 Å². The number of imidazole rings is 1. The van der Waals surface area contributed by atoms with Crippen molar-refractivity contribution >= 4 is 18.3 Å². The Kier molecular flexibility index (Phi) is 6.99. The van der Waals surface area contributed by atoms with Crippen LogP contribution in [-0.4, -0.2) is 95.4 Å². The molecule has 1 aromatic heterocycles. The molecular weight excluding hydrogens is 368 g/mol. The van der Waals surface area contributed by atoms with Crippen molar-refractivity contribution in [2.45, 2.75) is 19.4 Å². The van der Waals surface area contributed by atoms with Crippen molar-refractivity contribution in [3.05, 3.63) is 17.7 Å². The fourth-order valence-electron chi connectivity index (χ4n) is 3.81. The van der Waals surface area contributed by atoms with Gasteiger partial charge in [0.2, 0.25) is 5.91 Å². The molecule has 0 radical (unpaired) electrons. The number of amides is 2. The number of rotatable bonds is 2. The van der Waals surface area contributed by atoms with Crippen LogP contribution in [0.2, 0.25) is 0 Å². The summed E-state index contributed by atoms with van der Waals surface area (Å²) in [6, 6.07) is 0.